The summed E-state index contributed by atoms with van der Waals surface area (Å²) in [7, 11) is 0. The first-order chi connectivity index (χ1) is 12.0. The van der Waals surface area contributed by atoms with Crippen LogP contribution in [0.3, 0.4) is 0 Å². The first kappa shape index (κ1) is 17.8. The Kier molecular flexibility index (Phi) is 5.34. The van der Waals surface area contributed by atoms with Crippen LogP contribution in [0.15, 0.2) is 27.8 Å². The van der Waals surface area contributed by atoms with Gasteiger partial charge in [0.2, 0.25) is 0 Å². The number of hydrogen-bond acceptors (Lipinski definition) is 5. The van der Waals surface area contributed by atoms with Crippen LogP contribution in [0.25, 0.3) is 4.96 Å². The number of carbonyl (C=O) groups is 1. The third-order valence-corrected chi connectivity index (χ3v) is 6.08. The molecule has 0 atom stereocenters. The molecule has 0 aromatic carbocycles. The number of rotatable bonds is 6. The van der Waals surface area contributed by atoms with Gasteiger partial charge in [-0.2, -0.15) is 11.3 Å². The van der Waals surface area contributed by atoms with Gasteiger partial charge in [-0.15, -0.1) is 11.3 Å². The second-order valence-electron chi connectivity index (χ2n) is 6.05. The van der Waals surface area contributed by atoms with Crippen LogP contribution in [0.4, 0.5) is 0 Å². The summed E-state index contributed by atoms with van der Waals surface area (Å²) in [4.78, 5) is 33.7. The minimum atomic E-state index is -0.274. The molecule has 25 heavy (non-hydrogen) atoms. The summed E-state index contributed by atoms with van der Waals surface area (Å²) in [6, 6.07) is 2.01. The summed E-state index contributed by atoms with van der Waals surface area (Å²) < 4.78 is 1.55. The van der Waals surface area contributed by atoms with Gasteiger partial charge in [0.05, 0.1) is 0 Å². The number of carbonyl (C=O) groups excluding carboxylic acids is 1. The maximum Gasteiger partial charge on any atom is 0.271 e. The molecule has 0 bridgehead atoms. The quantitative estimate of drug-likeness (QED) is 0.657. The molecule has 0 aliphatic heterocycles. The van der Waals surface area contributed by atoms with Crippen molar-refractivity contribution in [2.75, 3.05) is 6.54 Å². The minimum Gasteiger partial charge on any atom is -0.334 e. The molecule has 0 N–H and O–H groups in total. The summed E-state index contributed by atoms with van der Waals surface area (Å²) in [6.07, 6.45) is 3.33. The van der Waals surface area contributed by atoms with Crippen LogP contribution >= 0.6 is 22.7 Å². The van der Waals surface area contributed by atoms with E-state index in [2.05, 4.69) is 11.9 Å². The zero-order valence-corrected chi connectivity index (χ0v) is 16.2. The van der Waals surface area contributed by atoms with Crippen molar-refractivity contribution in [1.29, 1.82) is 0 Å². The number of thiophene rings is 1. The molecule has 0 saturated heterocycles. The lowest BCUT2D eigenvalue weighted by molar-refractivity contribution is 0.0738. The zero-order chi connectivity index (χ0) is 18.0. The van der Waals surface area contributed by atoms with Crippen molar-refractivity contribution in [2.45, 2.75) is 40.2 Å². The molecule has 0 aliphatic carbocycles. The summed E-state index contributed by atoms with van der Waals surface area (Å²) in [5.74, 6) is -0.241. The molecule has 0 spiro atoms. The van der Waals surface area contributed by atoms with Gasteiger partial charge >= 0.3 is 0 Å². The van der Waals surface area contributed by atoms with Crippen LogP contribution in [-0.2, 0) is 6.54 Å². The molecule has 3 heterocycles. The van der Waals surface area contributed by atoms with Gasteiger partial charge in [0.15, 0.2) is 4.96 Å². The molecular formula is C18H21N3O2S2. The van der Waals surface area contributed by atoms with Gasteiger partial charge < -0.3 is 4.90 Å². The number of aryl methyl sites for hydroxylation is 2. The Balaban J connectivity index is 1.98. The molecule has 0 radical (unpaired) electrons. The van der Waals surface area contributed by atoms with E-state index in [-0.39, 0.29) is 17.0 Å². The lowest BCUT2D eigenvalue weighted by Gasteiger charge is -2.22. The van der Waals surface area contributed by atoms with Crippen molar-refractivity contribution in [3.8, 4) is 0 Å². The van der Waals surface area contributed by atoms with E-state index < -0.39 is 0 Å². The molecule has 1 amide bonds. The van der Waals surface area contributed by atoms with Crippen LogP contribution in [0.2, 0.25) is 0 Å². The van der Waals surface area contributed by atoms with Crippen molar-refractivity contribution >= 4 is 33.5 Å². The molecule has 0 fully saturated rings. The van der Waals surface area contributed by atoms with Gasteiger partial charge in [-0.1, -0.05) is 13.3 Å². The highest BCUT2D eigenvalue weighted by atomic mass is 32.1. The van der Waals surface area contributed by atoms with E-state index in [1.54, 1.807) is 20.6 Å². The van der Waals surface area contributed by atoms with E-state index >= 15 is 0 Å². The van der Waals surface area contributed by atoms with E-state index in [4.69, 9.17) is 0 Å². The standard InChI is InChI=1S/C18H21N3O2S2/c1-4-5-7-20(10-14-6-8-24-11-14)16(22)15-9-19-18-21(17(15)23)12(2)13(3)25-18/h6,8-9,11H,4-5,7,10H2,1-3H3. The van der Waals surface area contributed by atoms with Gasteiger partial charge in [-0.25, -0.2) is 4.98 Å². The first-order valence-electron chi connectivity index (χ1n) is 8.31. The van der Waals surface area contributed by atoms with Gasteiger partial charge in [-0.05, 0) is 42.7 Å². The molecule has 0 saturated carbocycles. The normalized spacial score (nSPS) is 11.2. The van der Waals surface area contributed by atoms with E-state index in [1.807, 2.05) is 30.7 Å². The number of amides is 1. The fourth-order valence-corrected chi connectivity index (χ4v) is 4.29. The summed E-state index contributed by atoms with van der Waals surface area (Å²) in [5, 5.41) is 4.03. The lowest BCUT2D eigenvalue weighted by atomic mass is 10.2. The average Bonchev–Trinajstić information content (AvgIpc) is 3.20. The Hall–Kier alpha value is -1.99. The Morgan fingerprint density at radius 1 is 1.36 bits per heavy atom. The lowest BCUT2D eigenvalue weighted by Crippen LogP contribution is -2.36. The number of aromatic nitrogens is 2. The van der Waals surface area contributed by atoms with Gasteiger partial charge in [0.1, 0.15) is 5.56 Å². The maximum atomic E-state index is 13.0. The van der Waals surface area contributed by atoms with Gasteiger partial charge in [0.25, 0.3) is 11.5 Å². The van der Waals surface area contributed by atoms with Crippen molar-refractivity contribution in [3.05, 3.63) is 55.1 Å². The molecule has 5 nitrogen and oxygen atoms in total. The second-order valence-corrected chi connectivity index (χ2v) is 8.01. The van der Waals surface area contributed by atoms with Crippen LogP contribution in [0, 0.1) is 13.8 Å². The SMILES string of the molecule is CCCCN(Cc1ccsc1)C(=O)c1cnc2sc(C)c(C)n2c1=O. The fourth-order valence-electron chi connectivity index (χ4n) is 2.70. The number of thiazole rings is 1. The largest absolute Gasteiger partial charge is 0.334 e. The fraction of sp³-hybridized carbons (Fsp3) is 0.389. The van der Waals surface area contributed by atoms with E-state index in [0.29, 0.717) is 18.1 Å². The predicted molar refractivity (Wildman–Crippen MR) is 103 cm³/mol. The van der Waals surface area contributed by atoms with Crippen molar-refractivity contribution in [3.63, 3.8) is 0 Å². The van der Waals surface area contributed by atoms with Crippen LogP contribution in [-0.4, -0.2) is 26.7 Å². The highest BCUT2D eigenvalue weighted by molar-refractivity contribution is 7.17. The molecule has 7 heteroatoms. The Bertz CT molecular complexity index is 941. The zero-order valence-electron chi connectivity index (χ0n) is 14.6. The third-order valence-electron chi connectivity index (χ3n) is 4.27. The monoisotopic (exact) mass is 375 g/mol. The number of hydrogen-bond donors (Lipinski definition) is 0. The summed E-state index contributed by atoms with van der Waals surface area (Å²) >= 11 is 3.08. The highest BCUT2D eigenvalue weighted by Crippen LogP contribution is 2.19. The summed E-state index contributed by atoms with van der Waals surface area (Å²) in [5.41, 5.74) is 1.81. The molecule has 3 rings (SSSR count). The van der Waals surface area contributed by atoms with Gasteiger partial charge in [0, 0.05) is 29.9 Å². The van der Waals surface area contributed by atoms with Crippen LogP contribution in [0.5, 0.6) is 0 Å². The molecular weight excluding hydrogens is 354 g/mol. The molecule has 3 aromatic heterocycles. The topological polar surface area (TPSA) is 54.7 Å². The maximum absolute atomic E-state index is 13.0. The molecule has 0 unspecified atom stereocenters. The third kappa shape index (κ3) is 3.52. The average molecular weight is 376 g/mol. The van der Waals surface area contributed by atoms with Crippen molar-refractivity contribution in [2.24, 2.45) is 0 Å². The van der Waals surface area contributed by atoms with Gasteiger partial charge in [-0.3, -0.25) is 14.0 Å². The highest BCUT2D eigenvalue weighted by Gasteiger charge is 2.22. The Morgan fingerprint density at radius 2 is 2.16 bits per heavy atom. The van der Waals surface area contributed by atoms with E-state index in [1.165, 1.54) is 17.5 Å². The molecule has 3 aromatic rings. The van der Waals surface area contributed by atoms with E-state index in [9.17, 15) is 9.59 Å². The minimum absolute atomic E-state index is 0.143. The van der Waals surface area contributed by atoms with Crippen molar-refractivity contribution in [1.82, 2.24) is 14.3 Å². The second kappa shape index (κ2) is 7.49. The molecule has 132 valence electrons. The Morgan fingerprint density at radius 3 is 2.84 bits per heavy atom. The smallest absolute Gasteiger partial charge is 0.271 e. The van der Waals surface area contributed by atoms with Crippen LogP contribution < -0.4 is 5.56 Å². The Labute approximate surface area is 154 Å². The van der Waals surface area contributed by atoms with Crippen LogP contribution in [0.1, 0.15) is 46.3 Å². The number of nitrogens with zero attached hydrogens (tertiary/aromatic N) is 3. The summed E-state index contributed by atoms with van der Waals surface area (Å²) in [6.45, 7) is 7.09. The molecule has 0 aliphatic rings. The van der Waals surface area contributed by atoms with E-state index in [0.717, 1.165) is 29.0 Å². The predicted octanol–water partition coefficient (Wildman–Crippen LogP) is 3.88. The number of unbranched alkanes of at least 4 members (excludes halogenated alkanes) is 1. The number of fused-ring (bicyclic) bond motifs is 1. The van der Waals surface area contributed by atoms with Crippen molar-refractivity contribution < 1.29 is 4.79 Å². The first-order valence-corrected chi connectivity index (χ1v) is 10.1.